The molecule has 9 heteroatoms. The van der Waals surface area contributed by atoms with Crippen LogP contribution in [0.25, 0.3) is 33.4 Å². The van der Waals surface area contributed by atoms with Crippen molar-refractivity contribution in [2.75, 3.05) is 24.5 Å². The van der Waals surface area contributed by atoms with Crippen LogP contribution < -0.4 is 57.3 Å². The van der Waals surface area contributed by atoms with Crippen LogP contribution in [0.15, 0.2) is 374 Å². The molecule has 4 aliphatic rings. The van der Waals surface area contributed by atoms with Crippen molar-refractivity contribution in [1.82, 2.24) is 0 Å². The van der Waals surface area contributed by atoms with Crippen LogP contribution in [0.2, 0.25) is 0 Å². The molecule has 4 aliphatic heterocycles. The van der Waals surface area contributed by atoms with E-state index in [1.54, 1.807) is 6.07 Å². The Morgan fingerprint density at radius 1 is 0.253 bits per heavy atom. The first-order valence-corrected chi connectivity index (χ1v) is 34.6. The van der Waals surface area contributed by atoms with Gasteiger partial charge in [0.1, 0.15) is 5.82 Å². The largest absolute Gasteiger partial charge is 0.311 e. The fraction of sp³-hybridized carbons (Fsp3) is 0. The quantitative estimate of drug-likeness (QED) is 0.113. The van der Waals surface area contributed by atoms with E-state index < -0.39 is 0 Å². The molecule has 0 bridgehead atoms. The minimum Gasteiger partial charge on any atom is -0.311 e. The third kappa shape index (κ3) is 9.79. The molecule has 0 atom stereocenters. The van der Waals surface area contributed by atoms with E-state index in [1.807, 2.05) is 36.0 Å². The van der Waals surface area contributed by atoms with E-state index in [4.69, 9.17) is 0 Å². The number of fused-ring (bicyclic) bond motifs is 8. The second kappa shape index (κ2) is 24.1. The molecule has 4 heterocycles. The van der Waals surface area contributed by atoms with Gasteiger partial charge in [-0.2, -0.15) is 0 Å². The van der Waals surface area contributed by atoms with Crippen molar-refractivity contribution in [2.45, 2.75) is 9.79 Å². The van der Waals surface area contributed by atoms with Crippen LogP contribution in [-0.2, 0) is 0 Å². The van der Waals surface area contributed by atoms with Crippen molar-refractivity contribution < 1.29 is 4.39 Å². The molecule has 99 heavy (non-hydrogen) atoms. The number of nitrogens with zero attached hydrogens (tertiary/aromatic N) is 5. The molecule has 0 aliphatic carbocycles. The van der Waals surface area contributed by atoms with Gasteiger partial charge in [-0.3, -0.25) is 0 Å². The lowest BCUT2D eigenvalue weighted by atomic mass is 9.31. The Hall–Kier alpha value is -12.3. The number of rotatable bonds is 12. The highest BCUT2D eigenvalue weighted by molar-refractivity contribution is 8.00. The monoisotopic (exact) mass is 1280 g/mol. The molecule has 0 aromatic heterocycles. The summed E-state index contributed by atoms with van der Waals surface area (Å²) in [6.07, 6.45) is 0. The number of anilines is 15. The molecule has 0 fully saturated rings. The van der Waals surface area contributed by atoms with Gasteiger partial charge >= 0.3 is 0 Å². The van der Waals surface area contributed by atoms with E-state index in [0.717, 1.165) is 123 Å². The van der Waals surface area contributed by atoms with Gasteiger partial charge < -0.3 is 24.5 Å². The molecular formula is C90H60B2FN5S. The number of hydrogen-bond donors (Lipinski definition) is 0. The predicted molar refractivity (Wildman–Crippen MR) is 416 cm³/mol. The van der Waals surface area contributed by atoms with Gasteiger partial charge in [0.2, 0.25) is 6.71 Å². The molecule has 19 rings (SSSR count). The molecule has 0 saturated heterocycles. The van der Waals surface area contributed by atoms with E-state index in [-0.39, 0.29) is 19.2 Å². The average molecular weight is 1280 g/mol. The third-order valence-electron chi connectivity index (χ3n) is 20.1. The van der Waals surface area contributed by atoms with Crippen molar-refractivity contribution >= 4 is 143 Å². The number of para-hydroxylation sites is 7. The van der Waals surface area contributed by atoms with Gasteiger partial charge in [0.25, 0.3) is 6.71 Å². The normalized spacial score (nSPS) is 12.8. The molecule has 15 aromatic rings. The Kier molecular flexibility index (Phi) is 14.1. The Morgan fingerprint density at radius 2 is 0.646 bits per heavy atom. The van der Waals surface area contributed by atoms with E-state index in [9.17, 15) is 0 Å². The van der Waals surface area contributed by atoms with Crippen LogP contribution in [0.4, 0.5) is 89.7 Å². The summed E-state index contributed by atoms with van der Waals surface area (Å²) in [5.41, 5.74) is 28.2. The van der Waals surface area contributed by atoms with Gasteiger partial charge in [-0.1, -0.05) is 260 Å². The Bertz CT molecular complexity index is 5440. The van der Waals surface area contributed by atoms with Crippen LogP contribution in [0, 0.1) is 5.82 Å². The summed E-state index contributed by atoms with van der Waals surface area (Å²) in [6.45, 7) is -0.478. The lowest BCUT2D eigenvalue weighted by molar-refractivity contribution is 0.629. The van der Waals surface area contributed by atoms with Crippen molar-refractivity contribution in [3.63, 3.8) is 0 Å². The number of hydrogen-bond acceptors (Lipinski definition) is 6. The Balaban J connectivity index is 0.888. The fourth-order valence-electron chi connectivity index (χ4n) is 15.8. The van der Waals surface area contributed by atoms with Crippen molar-refractivity contribution in [3.8, 4) is 33.4 Å². The van der Waals surface area contributed by atoms with E-state index in [0.29, 0.717) is 5.69 Å². The van der Waals surface area contributed by atoms with Gasteiger partial charge in [-0.15, -0.1) is 0 Å². The van der Waals surface area contributed by atoms with Crippen LogP contribution in [-0.4, -0.2) is 13.4 Å². The second-order valence-electron chi connectivity index (χ2n) is 25.7. The van der Waals surface area contributed by atoms with Gasteiger partial charge in [0.15, 0.2) is 0 Å². The average Bonchev–Trinajstić information content (AvgIpc) is 0.689. The first-order valence-electron chi connectivity index (χ1n) is 33.8. The summed E-state index contributed by atoms with van der Waals surface area (Å²) < 4.78 is 18.6. The molecule has 0 unspecified atom stereocenters. The summed E-state index contributed by atoms with van der Waals surface area (Å²) in [7, 11) is 0. The maximum Gasteiger partial charge on any atom is 0.252 e. The van der Waals surface area contributed by atoms with E-state index in [2.05, 4.69) is 358 Å². The Labute approximate surface area is 581 Å². The zero-order chi connectivity index (χ0) is 65.5. The highest BCUT2D eigenvalue weighted by atomic mass is 32.2. The van der Waals surface area contributed by atoms with Crippen LogP contribution in [0.5, 0.6) is 0 Å². The predicted octanol–water partition coefficient (Wildman–Crippen LogP) is 20.6. The maximum atomic E-state index is 18.6. The molecule has 464 valence electrons. The lowest BCUT2D eigenvalue weighted by Crippen LogP contribution is -2.64. The van der Waals surface area contributed by atoms with E-state index in [1.165, 1.54) is 33.0 Å². The zero-order valence-electron chi connectivity index (χ0n) is 53.8. The van der Waals surface area contributed by atoms with Gasteiger partial charge in [-0.05, 0) is 176 Å². The minimum absolute atomic E-state index is 0.194. The second-order valence-corrected chi connectivity index (χ2v) is 26.7. The highest BCUT2D eigenvalue weighted by Gasteiger charge is 2.48. The van der Waals surface area contributed by atoms with Crippen LogP contribution in [0.1, 0.15) is 0 Å². The standard InChI is InChI=1S/C90H60B2FN5S/c93-79-44-26-41-74(65-31-12-3-13-32-65)90(79)98-82-60-86-78(59-77(82)91-75-42-22-24-45-80(75)96(68-37-18-6-19-38-68)83-55-72(56-84(98)88(83)91)94(66-33-14-4-15-34-66)67-35-16-5-17-36-67)92-76-43-23-25-46-81(76)97(69-39-20-7-21-40-69)85-57-73(58-87(99-86)89(85)92)95(70-51-47-63(48-52-70)61-27-8-1-9-28-61)71-53-49-64(50-54-71)62-29-10-2-11-30-62/h1-60H. The lowest BCUT2D eigenvalue weighted by Gasteiger charge is -2.46. The molecular weight excluding hydrogens is 1220 g/mol. The number of halogens is 1. The summed E-state index contributed by atoms with van der Waals surface area (Å²) in [5.74, 6) is -0.320. The highest BCUT2D eigenvalue weighted by Crippen LogP contribution is 2.53. The molecule has 0 spiro atoms. The SMILES string of the molecule is Fc1cccc(-c2ccccc2)c1N1c2cc3c(cc2B2c4ccccc4N(c4ccccc4)c4cc(N(c5ccccc5)c5ccccc5)cc1c42)B1c2ccccc2N(c2ccccc2)c2cc(N(c4ccc(-c5ccccc5)cc4)c4ccc(-c5ccccc5)cc4)cc(c21)S3. The van der Waals surface area contributed by atoms with Gasteiger partial charge in [0.05, 0.1) is 11.4 Å². The third-order valence-corrected chi connectivity index (χ3v) is 21.2. The first-order chi connectivity index (χ1) is 49.1. The topological polar surface area (TPSA) is 16.2 Å². The number of benzene rings is 15. The van der Waals surface area contributed by atoms with Gasteiger partial charge in [0, 0.05) is 89.3 Å². The van der Waals surface area contributed by atoms with Gasteiger partial charge in [-0.25, -0.2) is 4.39 Å². The molecule has 0 saturated carbocycles. The summed E-state index contributed by atoms with van der Waals surface area (Å²) >= 11 is 1.82. The van der Waals surface area contributed by atoms with Crippen molar-refractivity contribution in [3.05, 3.63) is 370 Å². The van der Waals surface area contributed by atoms with Crippen molar-refractivity contribution in [2.24, 2.45) is 0 Å². The summed E-state index contributed by atoms with van der Waals surface area (Å²) in [6, 6.07) is 131. The first kappa shape index (κ1) is 58.1. The minimum atomic E-state index is -0.320. The van der Waals surface area contributed by atoms with Crippen LogP contribution in [0.3, 0.4) is 0 Å². The molecule has 5 nitrogen and oxygen atoms in total. The Morgan fingerprint density at radius 3 is 1.15 bits per heavy atom. The fourth-order valence-corrected chi connectivity index (χ4v) is 17.0. The zero-order valence-corrected chi connectivity index (χ0v) is 54.6. The summed E-state index contributed by atoms with van der Waals surface area (Å²) in [5, 5.41) is 0. The van der Waals surface area contributed by atoms with Crippen molar-refractivity contribution in [1.29, 1.82) is 0 Å². The molecule has 0 N–H and O–H groups in total. The molecule has 15 aromatic carbocycles. The van der Waals surface area contributed by atoms with Crippen LogP contribution >= 0.6 is 11.8 Å². The maximum absolute atomic E-state index is 18.6. The molecule has 0 amide bonds. The molecule has 0 radical (unpaired) electrons. The smallest absolute Gasteiger partial charge is 0.252 e. The summed E-state index contributed by atoms with van der Waals surface area (Å²) in [4.78, 5) is 14.2. The van der Waals surface area contributed by atoms with E-state index >= 15 is 4.39 Å².